The van der Waals surface area contributed by atoms with Gasteiger partial charge in [0.05, 0.1) is 0 Å². The van der Waals surface area contributed by atoms with Gasteiger partial charge in [0.1, 0.15) is 0 Å². The summed E-state index contributed by atoms with van der Waals surface area (Å²) in [6.07, 6.45) is 4.14. The van der Waals surface area contributed by atoms with E-state index in [-0.39, 0.29) is 0 Å². The van der Waals surface area contributed by atoms with Gasteiger partial charge in [0.2, 0.25) is 0 Å². The number of hydrogen-bond acceptors (Lipinski definition) is 1. The van der Waals surface area contributed by atoms with E-state index in [1.807, 2.05) is 0 Å². The molecular formula is C10H18S. The Labute approximate surface area is 75.4 Å². The Morgan fingerprint density at radius 3 is 2.36 bits per heavy atom. The van der Waals surface area contributed by atoms with Crippen LogP contribution >= 0.6 is 12.2 Å². The summed E-state index contributed by atoms with van der Waals surface area (Å²) in [5.74, 6) is 2.64. The summed E-state index contributed by atoms with van der Waals surface area (Å²) in [5.41, 5.74) is 0. The van der Waals surface area contributed by atoms with Crippen molar-refractivity contribution in [3.05, 3.63) is 0 Å². The third kappa shape index (κ3) is 2.55. The molecule has 0 aromatic carbocycles. The standard InChI is InChI=1S/C10H18S/c1-7(2)4-9-5-10(6-9)8(3)11/h7,9-10H,4-6H2,1-3H3. The summed E-state index contributed by atoms with van der Waals surface area (Å²) in [7, 11) is 0. The van der Waals surface area contributed by atoms with Crippen molar-refractivity contribution in [3.8, 4) is 0 Å². The lowest BCUT2D eigenvalue weighted by atomic mass is 9.70. The summed E-state index contributed by atoms with van der Waals surface area (Å²) in [5, 5.41) is 0. The number of rotatable bonds is 3. The molecule has 1 aliphatic carbocycles. The molecule has 1 saturated carbocycles. The lowest BCUT2D eigenvalue weighted by Gasteiger charge is -2.36. The smallest absolute Gasteiger partial charge is 0.00714 e. The van der Waals surface area contributed by atoms with Gasteiger partial charge in [-0.2, -0.15) is 0 Å². The summed E-state index contributed by atoms with van der Waals surface area (Å²) < 4.78 is 0. The molecule has 0 spiro atoms. The van der Waals surface area contributed by atoms with Crippen LogP contribution in [0.25, 0.3) is 0 Å². The summed E-state index contributed by atoms with van der Waals surface area (Å²) in [6.45, 7) is 6.70. The van der Waals surface area contributed by atoms with Crippen LogP contribution in [0.15, 0.2) is 0 Å². The first kappa shape index (κ1) is 9.18. The molecule has 64 valence electrons. The Kier molecular flexibility index (Phi) is 3.06. The first-order chi connectivity index (χ1) is 5.09. The Bertz CT molecular complexity index is 143. The Hall–Kier alpha value is 0.0900. The second-order valence-corrected chi connectivity index (χ2v) is 4.92. The first-order valence-corrected chi connectivity index (χ1v) is 5.01. The molecule has 0 N–H and O–H groups in total. The van der Waals surface area contributed by atoms with Crippen molar-refractivity contribution in [2.24, 2.45) is 17.8 Å². The van der Waals surface area contributed by atoms with Gasteiger partial charge in [0, 0.05) is 0 Å². The predicted molar refractivity (Wildman–Crippen MR) is 53.9 cm³/mol. The minimum absolute atomic E-state index is 0.786. The van der Waals surface area contributed by atoms with E-state index < -0.39 is 0 Å². The highest BCUT2D eigenvalue weighted by Crippen LogP contribution is 2.38. The maximum absolute atomic E-state index is 5.14. The van der Waals surface area contributed by atoms with Crippen molar-refractivity contribution >= 4 is 17.1 Å². The molecule has 0 amide bonds. The van der Waals surface area contributed by atoms with E-state index in [4.69, 9.17) is 12.2 Å². The van der Waals surface area contributed by atoms with Gasteiger partial charge in [-0.05, 0) is 48.8 Å². The summed E-state index contributed by atoms with van der Waals surface area (Å²) in [4.78, 5) is 1.23. The van der Waals surface area contributed by atoms with Crippen LogP contribution in [0.4, 0.5) is 0 Å². The van der Waals surface area contributed by atoms with Gasteiger partial charge in [-0.1, -0.05) is 26.1 Å². The van der Waals surface area contributed by atoms with Crippen molar-refractivity contribution in [2.75, 3.05) is 0 Å². The molecule has 1 fully saturated rings. The van der Waals surface area contributed by atoms with E-state index in [9.17, 15) is 0 Å². The van der Waals surface area contributed by atoms with Gasteiger partial charge < -0.3 is 0 Å². The Morgan fingerprint density at radius 1 is 1.45 bits per heavy atom. The minimum Gasteiger partial charge on any atom is -0.0897 e. The third-order valence-corrected chi connectivity index (χ3v) is 2.95. The molecule has 0 nitrogen and oxygen atoms in total. The van der Waals surface area contributed by atoms with Crippen molar-refractivity contribution in [2.45, 2.75) is 40.0 Å². The Balaban J connectivity index is 2.14. The van der Waals surface area contributed by atoms with Gasteiger partial charge in [-0.15, -0.1) is 0 Å². The van der Waals surface area contributed by atoms with E-state index in [1.54, 1.807) is 0 Å². The average Bonchev–Trinajstić information content (AvgIpc) is 1.75. The van der Waals surface area contributed by atoms with Crippen LogP contribution in [0.5, 0.6) is 0 Å². The predicted octanol–water partition coefficient (Wildman–Crippen LogP) is 3.45. The molecule has 0 radical (unpaired) electrons. The van der Waals surface area contributed by atoms with Gasteiger partial charge in [-0.3, -0.25) is 0 Å². The molecular weight excluding hydrogens is 152 g/mol. The molecule has 0 heterocycles. The fourth-order valence-electron chi connectivity index (χ4n) is 1.93. The monoisotopic (exact) mass is 170 g/mol. The second-order valence-electron chi connectivity index (χ2n) is 4.27. The maximum atomic E-state index is 5.14. The molecule has 0 atom stereocenters. The van der Waals surface area contributed by atoms with Gasteiger partial charge >= 0.3 is 0 Å². The molecule has 0 aromatic rings. The van der Waals surface area contributed by atoms with Crippen LogP contribution in [0.3, 0.4) is 0 Å². The minimum atomic E-state index is 0.786. The van der Waals surface area contributed by atoms with Crippen LogP contribution in [0, 0.1) is 17.8 Å². The zero-order valence-electron chi connectivity index (χ0n) is 7.76. The van der Waals surface area contributed by atoms with E-state index in [2.05, 4.69) is 20.8 Å². The van der Waals surface area contributed by atoms with Crippen LogP contribution in [-0.4, -0.2) is 4.86 Å². The van der Waals surface area contributed by atoms with Crippen molar-refractivity contribution < 1.29 is 0 Å². The molecule has 0 bridgehead atoms. The normalized spacial score (nSPS) is 30.2. The largest absolute Gasteiger partial charge is 0.0897 e. The van der Waals surface area contributed by atoms with Crippen LogP contribution in [-0.2, 0) is 0 Å². The zero-order chi connectivity index (χ0) is 8.43. The molecule has 0 aliphatic heterocycles. The molecule has 1 heteroatoms. The van der Waals surface area contributed by atoms with Gasteiger partial charge in [-0.25, -0.2) is 0 Å². The highest BCUT2D eigenvalue weighted by atomic mass is 32.1. The van der Waals surface area contributed by atoms with E-state index in [1.165, 1.54) is 24.1 Å². The van der Waals surface area contributed by atoms with Crippen molar-refractivity contribution in [1.82, 2.24) is 0 Å². The third-order valence-electron chi connectivity index (χ3n) is 2.62. The fraction of sp³-hybridized carbons (Fsp3) is 0.900. The van der Waals surface area contributed by atoms with Crippen molar-refractivity contribution in [1.29, 1.82) is 0 Å². The molecule has 0 saturated heterocycles. The summed E-state index contributed by atoms with van der Waals surface area (Å²) in [6, 6.07) is 0. The topological polar surface area (TPSA) is 0 Å². The zero-order valence-corrected chi connectivity index (χ0v) is 8.58. The van der Waals surface area contributed by atoms with Gasteiger partial charge in [0.25, 0.3) is 0 Å². The Morgan fingerprint density at radius 2 is 2.00 bits per heavy atom. The fourth-order valence-corrected chi connectivity index (χ4v) is 2.12. The molecule has 0 aromatic heterocycles. The van der Waals surface area contributed by atoms with E-state index in [0.29, 0.717) is 0 Å². The van der Waals surface area contributed by atoms with Crippen LogP contribution < -0.4 is 0 Å². The van der Waals surface area contributed by atoms with Crippen molar-refractivity contribution in [3.63, 3.8) is 0 Å². The quantitative estimate of drug-likeness (QED) is 0.585. The molecule has 0 unspecified atom stereocenters. The molecule has 1 rings (SSSR count). The van der Waals surface area contributed by atoms with E-state index >= 15 is 0 Å². The average molecular weight is 170 g/mol. The van der Waals surface area contributed by atoms with Crippen LogP contribution in [0.2, 0.25) is 0 Å². The molecule has 11 heavy (non-hydrogen) atoms. The lowest BCUT2D eigenvalue weighted by molar-refractivity contribution is 0.219. The van der Waals surface area contributed by atoms with Crippen LogP contribution in [0.1, 0.15) is 40.0 Å². The highest BCUT2D eigenvalue weighted by Gasteiger charge is 2.30. The van der Waals surface area contributed by atoms with E-state index in [0.717, 1.165) is 17.8 Å². The number of thiocarbonyl (C=S) groups is 1. The SMILES string of the molecule is CC(=S)C1CC(CC(C)C)C1. The lowest BCUT2D eigenvalue weighted by Crippen LogP contribution is -2.28. The number of hydrogen-bond donors (Lipinski definition) is 0. The van der Waals surface area contributed by atoms with Gasteiger partial charge in [0.15, 0.2) is 0 Å². The maximum Gasteiger partial charge on any atom is -0.00714 e. The first-order valence-electron chi connectivity index (χ1n) is 4.60. The summed E-state index contributed by atoms with van der Waals surface area (Å²) >= 11 is 5.14. The molecule has 1 aliphatic rings. The second kappa shape index (κ2) is 3.66. The highest BCUT2D eigenvalue weighted by molar-refractivity contribution is 7.80.